The molecular weight excluding hydrogens is 278 g/mol. The van der Waals surface area contributed by atoms with Gasteiger partial charge in [-0.2, -0.15) is 0 Å². The summed E-state index contributed by atoms with van der Waals surface area (Å²) in [5.41, 5.74) is 1.04. The lowest BCUT2D eigenvalue weighted by Gasteiger charge is -2.13. The maximum Gasteiger partial charge on any atom is 0.124 e. The number of hydrogen-bond acceptors (Lipinski definition) is 0. The molecule has 0 aromatic heterocycles. The van der Waals surface area contributed by atoms with Crippen LogP contribution in [-0.4, -0.2) is 5.33 Å². The van der Waals surface area contributed by atoms with Gasteiger partial charge in [0.15, 0.2) is 0 Å². The van der Waals surface area contributed by atoms with Gasteiger partial charge in [-0.05, 0) is 36.5 Å². The van der Waals surface area contributed by atoms with Gasteiger partial charge in [-0.25, -0.2) is 4.39 Å². The second-order valence-corrected chi connectivity index (χ2v) is 4.80. The molecule has 1 aromatic rings. The van der Waals surface area contributed by atoms with E-state index in [1.165, 1.54) is 18.6 Å². The predicted molar refractivity (Wildman–Crippen MR) is 67.3 cm³/mol. The van der Waals surface area contributed by atoms with Crippen molar-refractivity contribution in [2.45, 2.75) is 26.2 Å². The second-order valence-electron chi connectivity index (χ2n) is 3.75. The topological polar surface area (TPSA) is 0 Å². The maximum atomic E-state index is 12.8. The molecule has 84 valence electrons. The molecule has 3 heteroatoms. The van der Waals surface area contributed by atoms with Crippen LogP contribution >= 0.6 is 27.5 Å². The summed E-state index contributed by atoms with van der Waals surface area (Å²) >= 11 is 9.47. The molecule has 0 saturated heterocycles. The van der Waals surface area contributed by atoms with Gasteiger partial charge in [0.1, 0.15) is 5.82 Å². The molecular formula is C12H15BrClF. The Balaban J connectivity index is 2.70. The molecule has 0 saturated carbocycles. The summed E-state index contributed by atoms with van der Waals surface area (Å²) in [6.07, 6.45) is 3.24. The fourth-order valence-corrected chi connectivity index (χ4v) is 2.44. The Labute approximate surface area is 104 Å². The zero-order valence-corrected chi connectivity index (χ0v) is 11.1. The van der Waals surface area contributed by atoms with Crippen molar-refractivity contribution in [2.75, 3.05) is 5.33 Å². The lowest BCUT2D eigenvalue weighted by Crippen LogP contribution is -2.06. The van der Waals surface area contributed by atoms with Crippen LogP contribution in [0.3, 0.4) is 0 Å². The highest BCUT2D eigenvalue weighted by Gasteiger charge is 2.10. The number of benzene rings is 1. The van der Waals surface area contributed by atoms with Crippen molar-refractivity contribution in [3.8, 4) is 0 Å². The van der Waals surface area contributed by atoms with Crippen molar-refractivity contribution in [3.05, 3.63) is 34.6 Å². The van der Waals surface area contributed by atoms with Gasteiger partial charge in [0.05, 0.1) is 0 Å². The summed E-state index contributed by atoms with van der Waals surface area (Å²) in [6, 6.07) is 4.63. The minimum Gasteiger partial charge on any atom is -0.207 e. The fraction of sp³-hybridized carbons (Fsp3) is 0.500. The minimum atomic E-state index is -0.269. The van der Waals surface area contributed by atoms with E-state index in [1.807, 2.05) is 0 Å². The van der Waals surface area contributed by atoms with Crippen LogP contribution in [0.25, 0.3) is 0 Å². The summed E-state index contributed by atoms with van der Waals surface area (Å²) in [6.45, 7) is 2.17. The third-order valence-electron chi connectivity index (χ3n) is 2.44. The van der Waals surface area contributed by atoms with Crippen LogP contribution in [-0.2, 0) is 6.42 Å². The molecule has 0 nitrogen and oxygen atoms in total. The van der Waals surface area contributed by atoms with Crippen molar-refractivity contribution in [2.24, 2.45) is 5.92 Å². The Bertz CT molecular complexity index is 314. The van der Waals surface area contributed by atoms with Crippen molar-refractivity contribution < 1.29 is 4.39 Å². The third kappa shape index (κ3) is 4.12. The van der Waals surface area contributed by atoms with Gasteiger partial charge in [0.2, 0.25) is 0 Å². The average molecular weight is 294 g/mol. The van der Waals surface area contributed by atoms with Crippen LogP contribution in [0.4, 0.5) is 4.39 Å². The quantitative estimate of drug-likeness (QED) is 0.682. The number of alkyl halides is 1. The molecule has 15 heavy (non-hydrogen) atoms. The second kappa shape index (κ2) is 6.49. The van der Waals surface area contributed by atoms with Crippen LogP contribution in [0.1, 0.15) is 25.3 Å². The van der Waals surface area contributed by atoms with E-state index in [1.54, 1.807) is 6.07 Å². The molecule has 0 aliphatic carbocycles. The Hall–Kier alpha value is -0.0800. The monoisotopic (exact) mass is 292 g/mol. The minimum absolute atomic E-state index is 0.269. The number of rotatable bonds is 5. The molecule has 0 heterocycles. The molecule has 0 bridgehead atoms. The van der Waals surface area contributed by atoms with E-state index >= 15 is 0 Å². The first-order valence-corrected chi connectivity index (χ1v) is 6.67. The summed E-state index contributed by atoms with van der Waals surface area (Å²) in [4.78, 5) is 0. The predicted octanol–water partition coefficient (Wildman–Crippen LogP) is 4.83. The summed E-state index contributed by atoms with van der Waals surface area (Å²) in [5, 5.41) is 1.51. The van der Waals surface area contributed by atoms with Crippen molar-refractivity contribution in [1.29, 1.82) is 0 Å². The lowest BCUT2D eigenvalue weighted by molar-refractivity contribution is 0.533. The Morgan fingerprint density at radius 3 is 2.73 bits per heavy atom. The highest BCUT2D eigenvalue weighted by molar-refractivity contribution is 9.09. The van der Waals surface area contributed by atoms with E-state index in [-0.39, 0.29) is 5.82 Å². The maximum absolute atomic E-state index is 12.8. The lowest BCUT2D eigenvalue weighted by atomic mass is 9.97. The first-order valence-electron chi connectivity index (χ1n) is 5.17. The van der Waals surface area contributed by atoms with Gasteiger partial charge in [-0.1, -0.05) is 46.9 Å². The summed E-state index contributed by atoms with van der Waals surface area (Å²) in [7, 11) is 0. The first-order chi connectivity index (χ1) is 7.17. The van der Waals surface area contributed by atoms with E-state index in [4.69, 9.17) is 11.6 Å². The largest absolute Gasteiger partial charge is 0.207 e. The zero-order chi connectivity index (χ0) is 11.3. The Kier molecular flexibility index (Phi) is 5.62. The van der Waals surface area contributed by atoms with E-state index in [2.05, 4.69) is 22.9 Å². The fourth-order valence-electron chi connectivity index (χ4n) is 1.64. The van der Waals surface area contributed by atoms with Gasteiger partial charge >= 0.3 is 0 Å². The molecule has 0 N–H and O–H groups in total. The van der Waals surface area contributed by atoms with E-state index < -0.39 is 0 Å². The molecule has 1 atom stereocenters. The van der Waals surface area contributed by atoms with Crippen molar-refractivity contribution >= 4 is 27.5 Å². The number of hydrogen-bond donors (Lipinski definition) is 0. The third-order valence-corrected chi connectivity index (χ3v) is 3.71. The SMILES string of the molecule is CCCC(CBr)Cc1ccc(F)cc1Cl. The summed E-state index contributed by atoms with van der Waals surface area (Å²) < 4.78 is 12.8. The molecule has 0 radical (unpaired) electrons. The molecule has 1 aromatic carbocycles. The van der Waals surface area contributed by atoms with Crippen LogP contribution in [0, 0.1) is 11.7 Å². The zero-order valence-electron chi connectivity index (χ0n) is 8.77. The molecule has 1 unspecified atom stereocenters. The van der Waals surface area contributed by atoms with Gasteiger partial charge in [0, 0.05) is 10.4 Å². The molecule has 0 aliphatic heterocycles. The van der Waals surface area contributed by atoms with E-state index in [9.17, 15) is 4.39 Å². The summed E-state index contributed by atoms with van der Waals surface area (Å²) in [5.74, 6) is 0.313. The Morgan fingerprint density at radius 1 is 1.47 bits per heavy atom. The van der Waals surface area contributed by atoms with E-state index in [0.29, 0.717) is 10.9 Å². The van der Waals surface area contributed by atoms with Crippen molar-refractivity contribution in [1.82, 2.24) is 0 Å². The van der Waals surface area contributed by atoms with Crippen LogP contribution in [0.5, 0.6) is 0 Å². The van der Waals surface area contributed by atoms with Crippen LogP contribution in [0.15, 0.2) is 18.2 Å². The molecule has 0 aliphatic rings. The highest BCUT2D eigenvalue weighted by atomic mass is 79.9. The molecule has 0 amide bonds. The van der Waals surface area contributed by atoms with Gasteiger partial charge in [-0.15, -0.1) is 0 Å². The van der Waals surface area contributed by atoms with Gasteiger partial charge < -0.3 is 0 Å². The highest BCUT2D eigenvalue weighted by Crippen LogP contribution is 2.23. The normalized spacial score (nSPS) is 12.8. The molecule has 0 spiro atoms. The number of halogens is 3. The van der Waals surface area contributed by atoms with Crippen LogP contribution in [0.2, 0.25) is 5.02 Å². The standard InChI is InChI=1S/C12H15BrClF/c1-2-3-9(8-13)6-10-4-5-11(15)7-12(10)14/h4-5,7,9H,2-3,6,8H2,1H3. The Morgan fingerprint density at radius 2 is 2.20 bits per heavy atom. The van der Waals surface area contributed by atoms with Gasteiger partial charge in [-0.3, -0.25) is 0 Å². The van der Waals surface area contributed by atoms with Crippen molar-refractivity contribution in [3.63, 3.8) is 0 Å². The smallest absolute Gasteiger partial charge is 0.124 e. The van der Waals surface area contributed by atoms with Crippen LogP contribution < -0.4 is 0 Å². The van der Waals surface area contributed by atoms with Gasteiger partial charge in [0.25, 0.3) is 0 Å². The molecule has 0 fully saturated rings. The first kappa shape index (κ1) is 13.0. The molecule has 1 rings (SSSR count). The van der Waals surface area contributed by atoms with E-state index in [0.717, 1.165) is 23.7 Å². The average Bonchev–Trinajstić information content (AvgIpc) is 2.21.